The molecule has 0 aliphatic heterocycles. The normalized spacial score (nSPS) is 13.3. The first kappa shape index (κ1) is 16.0. The van der Waals surface area contributed by atoms with Gasteiger partial charge in [0.1, 0.15) is 12.4 Å². The van der Waals surface area contributed by atoms with Gasteiger partial charge in [0.15, 0.2) is 0 Å². The summed E-state index contributed by atoms with van der Waals surface area (Å²) in [7, 11) is 0. The Morgan fingerprint density at radius 3 is 2.53 bits per heavy atom. The number of hydrogen-bond donors (Lipinski definition) is 2. The Labute approximate surface area is 117 Å². The molecule has 1 aromatic carbocycles. The lowest BCUT2D eigenvalue weighted by molar-refractivity contribution is 0.0279. The Morgan fingerprint density at radius 1 is 1.26 bits per heavy atom. The average molecular weight is 265 g/mol. The van der Waals surface area contributed by atoms with Crippen LogP contribution in [0.15, 0.2) is 24.3 Å². The third-order valence-corrected chi connectivity index (χ3v) is 2.92. The van der Waals surface area contributed by atoms with Crippen molar-refractivity contribution in [3.8, 4) is 5.75 Å². The molecule has 0 aliphatic rings. The van der Waals surface area contributed by atoms with E-state index < -0.39 is 5.60 Å². The maximum Gasteiger partial charge on any atom is 0.124 e. The highest BCUT2D eigenvalue weighted by atomic mass is 16.5. The number of rotatable bonds is 8. The lowest BCUT2D eigenvalue weighted by Gasteiger charge is -2.23. The molecule has 108 valence electrons. The quantitative estimate of drug-likeness (QED) is 0.758. The van der Waals surface area contributed by atoms with Gasteiger partial charge in [-0.2, -0.15) is 0 Å². The third-order valence-electron chi connectivity index (χ3n) is 2.92. The van der Waals surface area contributed by atoms with Gasteiger partial charge in [0.05, 0.1) is 5.60 Å². The molecule has 0 spiro atoms. The molecule has 1 atom stereocenters. The summed E-state index contributed by atoms with van der Waals surface area (Å²) in [4.78, 5) is 0. The van der Waals surface area contributed by atoms with Gasteiger partial charge in [-0.1, -0.05) is 32.0 Å². The summed E-state index contributed by atoms with van der Waals surface area (Å²) in [5.41, 5.74) is 0.355. The van der Waals surface area contributed by atoms with E-state index in [4.69, 9.17) is 4.74 Å². The molecular weight excluding hydrogens is 238 g/mol. The van der Waals surface area contributed by atoms with Gasteiger partial charge in [-0.15, -0.1) is 0 Å². The molecule has 0 aromatic heterocycles. The lowest BCUT2D eigenvalue weighted by atomic mass is 10.0. The second-order valence-electron chi connectivity index (χ2n) is 5.55. The molecule has 3 nitrogen and oxygen atoms in total. The van der Waals surface area contributed by atoms with Gasteiger partial charge in [0.25, 0.3) is 0 Å². The van der Waals surface area contributed by atoms with E-state index in [1.807, 2.05) is 18.2 Å². The Hall–Kier alpha value is -1.06. The predicted octanol–water partition coefficient (Wildman–Crippen LogP) is 3.29. The summed E-state index contributed by atoms with van der Waals surface area (Å²) in [6, 6.07) is 8.37. The SMILES string of the molecule is CCCNC(CC)c1ccccc1OCC(C)(C)O. The Morgan fingerprint density at radius 2 is 1.95 bits per heavy atom. The Balaban J connectivity index is 2.81. The van der Waals surface area contributed by atoms with Crippen LogP contribution in [0.5, 0.6) is 5.75 Å². The molecule has 0 amide bonds. The van der Waals surface area contributed by atoms with E-state index in [0.29, 0.717) is 12.6 Å². The average Bonchev–Trinajstić information content (AvgIpc) is 2.37. The van der Waals surface area contributed by atoms with Crippen molar-refractivity contribution in [3.63, 3.8) is 0 Å². The van der Waals surface area contributed by atoms with Crippen LogP contribution in [-0.2, 0) is 0 Å². The summed E-state index contributed by atoms with van der Waals surface area (Å²) < 4.78 is 5.77. The van der Waals surface area contributed by atoms with Crippen LogP contribution in [0.3, 0.4) is 0 Å². The fourth-order valence-corrected chi connectivity index (χ4v) is 1.95. The van der Waals surface area contributed by atoms with Crippen LogP contribution in [0.1, 0.15) is 52.1 Å². The van der Waals surface area contributed by atoms with E-state index in [1.165, 1.54) is 5.56 Å². The van der Waals surface area contributed by atoms with E-state index in [-0.39, 0.29) is 0 Å². The zero-order valence-corrected chi connectivity index (χ0v) is 12.6. The van der Waals surface area contributed by atoms with Crippen LogP contribution in [0.2, 0.25) is 0 Å². The summed E-state index contributed by atoms with van der Waals surface area (Å²) in [5, 5.41) is 13.3. The van der Waals surface area contributed by atoms with Crippen LogP contribution in [0, 0.1) is 0 Å². The van der Waals surface area contributed by atoms with Gasteiger partial charge in [0.2, 0.25) is 0 Å². The van der Waals surface area contributed by atoms with E-state index in [2.05, 4.69) is 25.2 Å². The van der Waals surface area contributed by atoms with Crippen LogP contribution in [0.4, 0.5) is 0 Å². The Kier molecular flexibility index (Phi) is 6.32. The van der Waals surface area contributed by atoms with Crippen LogP contribution >= 0.6 is 0 Å². The molecular formula is C16H27NO2. The molecule has 0 fully saturated rings. The van der Waals surface area contributed by atoms with Gasteiger partial charge in [-0.25, -0.2) is 0 Å². The second-order valence-corrected chi connectivity index (χ2v) is 5.55. The first-order valence-electron chi connectivity index (χ1n) is 7.15. The van der Waals surface area contributed by atoms with Crippen LogP contribution in [-0.4, -0.2) is 23.9 Å². The molecule has 0 saturated carbocycles. The van der Waals surface area contributed by atoms with Gasteiger partial charge < -0.3 is 15.2 Å². The molecule has 0 saturated heterocycles. The van der Waals surface area contributed by atoms with E-state index in [1.54, 1.807) is 13.8 Å². The molecule has 1 aromatic rings. The summed E-state index contributed by atoms with van der Waals surface area (Å²) in [6.07, 6.45) is 2.13. The highest BCUT2D eigenvalue weighted by Gasteiger charge is 2.17. The van der Waals surface area contributed by atoms with E-state index >= 15 is 0 Å². The molecule has 1 rings (SSSR count). The van der Waals surface area contributed by atoms with Gasteiger partial charge in [-0.3, -0.25) is 0 Å². The zero-order valence-electron chi connectivity index (χ0n) is 12.6. The minimum atomic E-state index is -0.814. The minimum absolute atomic E-state index is 0.300. The molecule has 2 N–H and O–H groups in total. The maximum absolute atomic E-state index is 9.77. The fraction of sp³-hybridized carbons (Fsp3) is 0.625. The predicted molar refractivity (Wildman–Crippen MR) is 79.6 cm³/mol. The number of para-hydroxylation sites is 1. The van der Waals surface area contributed by atoms with Crippen molar-refractivity contribution >= 4 is 0 Å². The fourth-order valence-electron chi connectivity index (χ4n) is 1.95. The highest BCUT2D eigenvalue weighted by molar-refractivity contribution is 5.36. The lowest BCUT2D eigenvalue weighted by Crippen LogP contribution is -2.29. The van der Waals surface area contributed by atoms with Gasteiger partial charge >= 0.3 is 0 Å². The molecule has 1 unspecified atom stereocenters. The highest BCUT2D eigenvalue weighted by Crippen LogP contribution is 2.27. The number of hydrogen-bond acceptors (Lipinski definition) is 3. The van der Waals surface area contributed by atoms with E-state index in [0.717, 1.165) is 25.1 Å². The minimum Gasteiger partial charge on any atom is -0.490 e. The molecule has 0 heterocycles. The molecule has 0 radical (unpaired) electrons. The zero-order chi connectivity index (χ0) is 14.3. The maximum atomic E-state index is 9.77. The first-order valence-corrected chi connectivity index (χ1v) is 7.15. The topological polar surface area (TPSA) is 41.5 Å². The van der Waals surface area contributed by atoms with Crippen molar-refractivity contribution in [2.45, 2.75) is 52.2 Å². The van der Waals surface area contributed by atoms with Gasteiger partial charge in [0, 0.05) is 11.6 Å². The molecule has 0 aliphatic carbocycles. The van der Waals surface area contributed by atoms with Crippen molar-refractivity contribution in [2.24, 2.45) is 0 Å². The number of nitrogens with one attached hydrogen (secondary N) is 1. The summed E-state index contributed by atoms with van der Waals surface area (Å²) in [5.74, 6) is 0.861. The largest absolute Gasteiger partial charge is 0.490 e. The van der Waals surface area contributed by atoms with Crippen molar-refractivity contribution in [1.82, 2.24) is 5.32 Å². The number of aliphatic hydroxyl groups is 1. The smallest absolute Gasteiger partial charge is 0.124 e. The van der Waals surface area contributed by atoms with Crippen molar-refractivity contribution < 1.29 is 9.84 Å². The van der Waals surface area contributed by atoms with Crippen molar-refractivity contribution in [3.05, 3.63) is 29.8 Å². The first-order chi connectivity index (χ1) is 8.98. The molecule has 3 heteroatoms. The Bertz CT molecular complexity index is 371. The number of benzene rings is 1. The van der Waals surface area contributed by atoms with Crippen LogP contribution in [0.25, 0.3) is 0 Å². The molecule has 0 bridgehead atoms. The van der Waals surface area contributed by atoms with Crippen molar-refractivity contribution in [1.29, 1.82) is 0 Å². The summed E-state index contributed by atoms with van der Waals surface area (Å²) >= 11 is 0. The van der Waals surface area contributed by atoms with E-state index in [9.17, 15) is 5.11 Å². The summed E-state index contributed by atoms with van der Waals surface area (Å²) in [6.45, 7) is 9.13. The standard InChI is InChI=1S/C16H27NO2/c1-5-11-17-14(6-2)13-9-7-8-10-15(13)19-12-16(3,4)18/h7-10,14,17-18H,5-6,11-12H2,1-4H3. The monoisotopic (exact) mass is 265 g/mol. The van der Waals surface area contributed by atoms with Crippen molar-refractivity contribution in [2.75, 3.05) is 13.2 Å². The van der Waals surface area contributed by atoms with Gasteiger partial charge in [-0.05, 0) is 39.3 Å². The third kappa shape index (κ3) is 5.62. The molecule has 19 heavy (non-hydrogen) atoms. The second kappa shape index (κ2) is 7.51. The number of ether oxygens (including phenoxy) is 1. The van der Waals surface area contributed by atoms with Crippen LogP contribution < -0.4 is 10.1 Å².